The van der Waals surface area contributed by atoms with Crippen LogP contribution in [0.4, 0.5) is 24.8 Å². The molecule has 0 fully saturated rings. The van der Waals surface area contributed by atoms with Crippen molar-refractivity contribution in [1.29, 1.82) is 0 Å². The summed E-state index contributed by atoms with van der Waals surface area (Å²) in [4.78, 5) is 11.8. The van der Waals surface area contributed by atoms with Gasteiger partial charge in [-0.2, -0.15) is 13.2 Å². The van der Waals surface area contributed by atoms with Gasteiger partial charge in [0, 0.05) is 24.2 Å². The molecule has 0 aliphatic carbocycles. The molecule has 0 amide bonds. The van der Waals surface area contributed by atoms with Crippen molar-refractivity contribution < 1.29 is 22.6 Å². The number of nitrogens with zero attached hydrogens (tertiary/aromatic N) is 3. The summed E-state index contributed by atoms with van der Waals surface area (Å²) in [7, 11) is 0. The van der Waals surface area contributed by atoms with Crippen LogP contribution < -0.4 is 14.8 Å². The lowest BCUT2D eigenvalue weighted by Crippen LogP contribution is -2.10. The van der Waals surface area contributed by atoms with E-state index in [1.54, 1.807) is 24.3 Å². The first-order valence-corrected chi connectivity index (χ1v) is 7.52. The number of hydrogen-bond donors (Lipinski definition) is 1. The average Bonchev–Trinajstić information content (AvgIpc) is 3.09. The number of nitrogens with one attached hydrogen (secondary N) is 1. The van der Waals surface area contributed by atoms with Gasteiger partial charge in [-0.05, 0) is 30.3 Å². The Morgan fingerprint density at radius 1 is 1.00 bits per heavy atom. The monoisotopic (exact) mass is 360 g/mol. The molecule has 3 aromatic rings. The van der Waals surface area contributed by atoms with Crippen LogP contribution in [0.15, 0.2) is 48.9 Å². The van der Waals surface area contributed by atoms with Crippen LogP contribution in [0.1, 0.15) is 5.56 Å². The number of anilines is 2. The summed E-state index contributed by atoms with van der Waals surface area (Å²) in [6.45, 7) is 0.150. The molecule has 0 unspecified atom stereocenters. The first-order chi connectivity index (χ1) is 12.5. The second kappa shape index (κ2) is 6.17. The van der Waals surface area contributed by atoms with Crippen molar-refractivity contribution in [2.45, 2.75) is 6.18 Å². The topological polar surface area (TPSA) is 69.2 Å². The fraction of sp³-hybridized carbons (Fsp3) is 0.118. The largest absolute Gasteiger partial charge is 0.454 e. The van der Waals surface area contributed by atoms with Crippen molar-refractivity contribution in [2.24, 2.45) is 0 Å². The summed E-state index contributed by atoms with van der Waals surface area (Å²) in [5.41, 5.74) is 0.196. The van der Waals surface area contributed by atoms with E-state index in [9.17, 15) is 13.2 Å². The van der Waals surface area contributed by atoms with E-state index in [4.69, 9.17) is 9.47 Å². The van der Waals surface area contributed by atoms with Crippen LogP contribution in [-0.2, 0) is 6.18 Å². The van der Waals surface area contributed by atoms with Gasteiger partial charge in [-0.15, -0.1) is 0 Å². The van der Waals surface area contributed by atoms with E-state index in [1.807, 2.05) is 0 Å². The smallest absolute Gasteiger partial charge is 0.419 e. The maximum absolute atomic E-state index is 13.1. The van der Waals surface area contributed by atoms with Gasteiger partial charge in [0.2, 0.25) is 12.7 Å². The summed E-state index contributed by atoms with van der Waals surface area (Å²) in [6.07, 6.45) is -1.06. The number of hydrogen-bond acceptors (Lipinski definition) is 6. The van der Waals surface area contributed by atoms with Crippen molar-refractivity contribution >= 4 is 11.6 Å². The minimum Gasteiger partial charge on any atom is -0.454 e. The second-order valence-corrected chi connectivity index (χ2v) is 5.38. The third-order valence-corrected chi connectivity index (χ3v) is 3.70. The van der Waals surface area contributed by atoms with Crippen LogP contribution in [0, 0.1) is 0 Å². The highest BCUT2D eigenvalue weighted by molar-refractivity contribution is 5.66. The van der Waals surface area contributed by atoms with Gasteiger partial charge in [0.15, 0.2) is 11.5 Å². The summed E-state index contributed by atoms with van der Waals surface area (Å²) >= 11 is 0. The van der Waals surface area contributed by atoms with E-state index in [1.165, 1.54) is 18.5 Å². The van der Waals surface area contributed by atoms with E-state index in [0.717, 1.165) is 11.8 Å². The van der Waals surface area contributed by atoms with Gasteiger partial charge < -0.3 is 14.8 Å². The van der Waals surface area contributed by atoms with Crippen LogP contribution in [0.25, 0.3) is 11.3 Å². The number of alkyl halides is 3. The molecule has 26 heavy (non-hydrogen) atoms. The molecule has 0 bridgehead atoms. The number of rotatable bonds is 3. The Morgan fingerprint density at radius 2 is 1.85 bits per heavy atom. The maximum atomic E-state index is 13.1. The van der Waals surface area contributed by atoms with E-state index in [-0.39, 0.29) is 18.4 Å². The lowest BCUT2D eigenvalue weighted by molar-refractivity contribution is -0.137. The zero-order valence-corrected chi connectivity index (χ0v) is 13.1. The average molecular weight is 360 g/mol. The van der Waals surface area contributed by atoms with Crippen molar-refractivity contribution in [3.05, 3.63) is 54.5 Å². The third-order valence-electron chi connectivity index (χ3n) is 3.70. The highest BCUT2D eigenvalue weighted by Crippen LogP contribution is 2.36. The summed E-state index contributed by atoms with van der Waals surface area (Å²) < 4.78 is 49.8. The molecule has 2 aromatic heterocycles. The molecule has 1 aliphatic rings. The van der Waals surface area contributed by atoms with Crippen LogP contribution >= 0.6 is 0 Å². The lowest BCUT2D eigenvalue weighted by Gasteiger charge is -2.13. The molecule has 9 heteroatoms. The van der Waals surface area contributed by atoms with Gasteiger partial charge in [-0.1, -0.05) is 0 Å². The highest BCUT2D eigenvalue weighted by Gasteiger charge is 2.34. The quantitative estimate of drug-likeness (QED) is 0.761. The standard InChI is InChI=1S/C17H11F3N4O2/c18-17(19,20)11-8-21-5-3-13(11)24-16-22-6-4-12(23-16)10-1-2-14-15(7-10)26-9-25-14/h1-8H,9H2,(H,21,22,23,24). The van der Waals surface area contributed by atoms with Crippen LogP contribution in [-0.4, -0.2) is 21.7 Å². The Kier molecular flexibility index (Phi) is 3.83. The Bertz CT molecular complexity index is 963. The summed E-state index contributed by atoms with van der Waals surface area (Å²) in [5.74, 6) is 1.26. The number of aromatic nitrogens is 3. The van der Waals surface area contributed by atoms with Gasteiger partial charge in [0.25, 0.3) is 0 Å². The molecule has 1 N–H and O–H groups in total. The van der Waals surface area contributed by atoms with E-state index < -0.39 is 11.7 Å². The highest BCUT2D eigenvalue weighted by atomic mass is 19.4. The lowest BCUT2D eigenvalue weighted by atomic mass is 10.1. The molecule has 1 aliphatic heterocycles. The van der Waals surface area contributed by atoms with Gasteiger partial charge in [0.1, 0.15) is 0 Å². The zero-order chi connectivity index (χ0) is 18.1. The van der Waals surface area contributed by atoms with Gasteiger partial charge in [-0.3, -0.25) is 4.98 Å². The molecule has 0 atom stereocenters. The number of benzene rings is 1. The SMILES string of the molecule is FC(F)(F)c1cnccc1Nc1nccc(-c2ccc3c(c2)OCO3)n1. The van der Waals surface area contributed by atoms with Crippen LogP contribution in [0.3, 0.4) is 0 Å². The van der Waals surface area contributed by atoms with Crippen LogP contribution in [0.2, 0.25) is 0 Å². The molecule has 0 saturated heterocycles. The normalized spacial score (nSPS) is 12.9. The minimum atomic E-state index is -4.54. The molecular weight excluding hydrogens is 349 g/mol. The Labute approximate surface area is 145 Å². The molecule has 1 aromatic carbocycles. The van der Waals surface area contributed by atoms with Gasteiger partial charge >= 0.3 is 6.18 Å². The van der Waals surface area contributed by atoms with Crippen molar-refractivity contribution in [3.63, 3.8) is 0 Å². The summed E-state index contributed by atoms with van der Waals surface area (Å²) in [6, 6.07) is 8.16. The third kappa shape index (κ3) is 3.10. The maximum Gasteiger partial charge on any atom is 0.419 e. The predicted octanol–water partition coefficient (Wildman–Crippen LogP) is 4.03. The molecule has 4 rings (SSSR count). The predicted molar refractivity (Wildman–Crippen MR) is 86.1 cm³/mol. The number of fused-ring (bicyclic) bond motifs is 1. The molecule has 3 heterocycles. The number of halogens is 3. The van der Waals surface area contributed by atoms with E-state index in [2.05, 4.69) is 20.3 Å². The number of pyridine rings is 1. The van der Waals surface area contributed by atoms with Crippen LogP contribution in [0.5, 0.6) is 11.5 Å². The molecule has 0 radical (unpaired) electrons. The van der Waals surface area contributed by atoms with Crippen molar-refractivity contribution in [3.8, 4) is 22.8 Å². The van der Waals surface area contributed by atoms with Crippen molar-refractivity contribution in [1.82, 2.24) is 15.0 Å². The number of ether oxygens (including phenoxy) is 2. The fourth-order valence-electron chi connectivity index (χ4n) is 2.49. The van der Waals surface area contributed by atoms with Gasteiger partial charge in [-0.25, -0.2) is 9.97 Å². The van der Waals surface area contributed by atoms with Gasteiger partial charge in [0.05, 0.1) is 16.9 Å². The van der Waals surface area contributed by atoms with E-state index in [0.29, 0.717) is 17.2 Å². The molecule has 0 spiro atoms. The Hall–Kier alpha value is -3.36. The fourth-order valence-corrected chi connectivity index (χ4v) is 2.49. The van der Waals surface area contributed by atoms with E-state index >= 15 is 0 Å². The Balaban J connectivity index is 1.65. The first-order valence-electron chi connectivity index (χ1n) is 7.52. The zero-order valence-electron chi connectivity index (χ0n) is 13.1. The minimum absolute atomic E-state index is 0.0388. The first kappa shape index (κ1) is 16.1. The molecule has 6 nitrogen and oxygen atoms in total. The summed E-state index contributed by atoms with van der Waals surface area (Å²) in [5, 5.41) is 2.60. The van der Waals surface area contributed by atoms with Crippen molar-refractivity contribution in [2.75, 3.05) is 12.1 Å². The Morgan fingerprint density at radius 3 is 2.69 bits per heavy atom. The molecular formula is C17H11F3N4O2. The molecule has 132 valence electrons. The molecule has 0 saturated carbocycles. The second-order valence-electron chi connectivity index (χ2n) is 5.38.